The molecule has 1 aliphatic rings. The molecule has 0 saturated heterocycles. The van der Waals surface area contributed by atoms with Crippen LogP contribution in [0, 0.1) is 11.3 Å². The Kier molecular flexibility index (Phi) is 5.45. The van der Waals surface area contributed by atoms with Gasteiger partial charge in [0.05, 0.1) is 28.6 Å². The van der Waals surface area contributed by atoms with E-state index >= 15 is 0 Å². The number of amides is 1. The molecule has 0 aliphatic heterocycles. The lowest BCUT2D eigenvalue weighted by atomic mass is 9.88. The maximum atomic E-state index is 13.1. The number of fused-ring (bicyclic) bond motifs is 1. The summed E-state index contributed by atoms with van der Waals surface area (Å²) in [5.41, 5.74) is 3.93. The van der Waals surface area contributed by atoms with E-state index in [-0.39, 0.29) is 11.5 Å². The zero-order chi connectivity index (χ0) is 22.7. The minimum atomic E-state index is -0.427. The van der Waals surface area contributed by atoms with Crippen molar-refractivity contribution in [2.45, 2.75) is 31.2 Å². The summed E-state index contributed by atoms with van der Waals surface area (Å²) in [7, 11) is 0. The third kappa shape index (κ3) is 4.13. The lowest BCUT2D eigenvalue weighted by molar-refractivity contribution is -0.119. The highest BCUT2D eigenvalue weighted by molar-refractivity contribution is 6.02. The van der Waals surface area contributed by atoms with Gasteiger partial charge in [0, 0.05) is 10.9 Å². The maximum absolute atomic E-state index is 13.1. The number of aromatic nitrogens is 3. The van der Waals surface area contributed by atoms with Gasteiger partial charge in [-0.15, -0.1) is 0 Å². The van der Waals surface area contributed by atoms with Crippen molar-refractivity contribution in [1.29, 1.82) is 5.26 Å². The van der Waals surface area contributed by atoms with E-state index in [4.69, 9.17) is 0 Å². The van der Waals surface area contributed by atoms with Crippen LogP contribution in [-0.4, -0.2) is 21.1 Å². The number of rotatable bonds is 5. The van der Waals surface area contributed by atoms with Gasteiger partial charge in [-0.3, -0.25) is 9.89 Å². The van der Waals surface area contributed by atoms with Crippen molar-refractivity contribution in [3.8, 4) is 17.3 Å². The number of nitrogens with one attached hydrogen (secondary N) is 2. The molecule has 2 N–H and O–H groups in total. The number of H-pyrrole nitrogens is 1. The normalized spacial score (nSPS) is 15.3. The molecule has 0 atom stereocenters. The van der Waals surface area contributed by atoms with Crippen LogP contribution in [-0.2, 0) is 10.3 Å². The second-order valence-corrected chi connectivity index (χ2v) is 8.40. The average molecular weight is 434 g/mol. The van der Waals surface area contributed by atoms with Gasteiger partial charge in [-0.05, 0) is 48.7 Å². The molecule has 33 heavy (non-hydrogen) atoms. The largest absolute Gasteiger partial charge is 0.342 e. The van der Waals surface area contributed by atoms with Crippen molar-refractivity contribution in [2.24, 2.45) is 0 Å². The zero-order valence-corrected chi connectivity index (χ0v) is 18.1. The number of carbonyl (C=O) groups excluding carboxylic acids is 1. The number of nitrogens with zero attached hydrogens (tertiary/aromatic N) is 3. The Balaban J connectivity index is 1.42. The second kappa shape index (κ2) is 8.71. The lowest BCUT2D eigenvalue weighted by Gasteiger charge is -2.31. The number of hydrogen-bond donors (Lipinski definition) is 2. The first-order valence-corrected chi connectivity index (χ1v) is 11.1. The van der Waals surface area contributed by atoms with Gasteiger partial charge < -0.3 is 5.32 Å². The number of pyridine rings is 1. The van der Waals surface area contributed by atoms with Crippen LogP contribution in [0.3, 0.4) is 0 Å². The number of benzene rings is 2. The zero-order valence-electron chi connectivity index (χ0n) is 18.1. The highest BCUT2D eigenvalue weighted by atomic mass is 16.1. The number of aromatic amines is 1. The molecule has 162 valence electrons. The Morgan fingerprint density at radius 3 is 2.67 bits per heavy atom. The van der Waals surface area contributed by atoms with Crippen LogP contribution in [0.2, 0.25) is 0 Å². The van der Waals surface area contributed by atoms with E-state index in [9.17, 15) is 10.1 Å². The summed E-state index contributed by atoms with van der Waals surface area (Å²) in [6.45, 7) is 0. The van der Waals surface area contributed by atoms with E-state index in [0.29, 0.717) is 5.69 Å². The quantitative estimate of drug-likeness (QED) is 0.337. The summed E-state index contributed by atoms with van der Waals surface area (Å²) in [6.07, 6.45) is 7.16. The Morgan fingerprint density at radius 1 is 1.06 bits per heavy atom. The molecule has 1 aliphatic carbocycles. The van der Waals surface area contributed by atoms with E-state index in [2.05, 4.69) is 26.6 Å². The van der Waals surface area contributed by atoms with Gasteiger partial charge in [0.25, 0.3) is 5.91 Å². The SMILES string of the molecule is N#C/C(=C\c1cccc(-c2ccc3[nH]ncc3c2)n1)C(=O)NC1(c2ccccc2)CCCC1. The minimum absolute atomic E-state index is 0.0483. The first-order valence-electron chi connectivity index (χ1n) is 11.1. The molecule has 0 spiro atoms. The van der Waals surface area contributed by atoms with Crippen molar-refractivity contribution in [2.75, 3.05) is 0 Å². The van der Waals surface area contributed by atoms with Crippen LogP contribution >= 0.6 is 0 Å². The molecule has 0 radical (unpaired) electrons. The highest BCUT2D eigenvalue weighted by Gasteiger charge is 2.37. The first-order chi connectivity index (χ1) is 16.2. The standard InChI is InChI=1S/C27H23N5O/c28-17-20(26(33)31-27(13-4-5-14-27)22-7-2-1-3-8-22)16-23-9-6-10-24(30-23)19-11-12-25-21(15-19)18-29-32-25/h1-3,6-12,15-16,18H,4-5,13-14H2,(H,29,32)(H,31,33)/b20-16+. The molecule has 0 bridgehead atoms. The average Bonchev–Trinajstić information content (AvgIpc) is 3.53. The third-order valence-electron chi connectivity index (χ3n) is 6.30. The highest BCUT2D eigenvalue weighted by Crippen LogP contribution is 2.38. The van der Waals surface area contributed by atoms with E-state index < -0.39 is 5.54 Å². The molecule has 1 amide bonds. The van der Waals surface area contributed by atoms with Crippen LogP contribution in [0.5, 0.6) is 0 Å². The number of nitriles is 1. The summed E-state index contributed by atoms with van der Waals surface area (Å²) in [4.78, 5) is 17.8. The summed E-state index contributed by atoms with van der Waals surface area (Å²) in [5, 5.41) is 20.9. The molecule has 2 heterocycles. The molecule has 2 aromatic heterocycles. The van der Waals surface area contributed by atoms with Gasteiger partial charge in [-0.1, -0.05) is 55.3 Å². The van der Waals surface area contributed by atoms with Crippen molar-refractivity contribution in [1.82, 2.24) is 20.5 Å². The van der Waals surface area contributed by atoms with E-state index in [1.807, 2.05) is 60.7 Å². The Hall–Kier alpha value is -4.24. The van der Waals surface area contributed by atoms with Gasteiger partial charge >= 0.3 is 0 Å². The summed E-state index contributed by atoms with van der Waals surface area (Å²) < 4.78 is 0. The van der Waals surface area contributed by atoms with Gasteiger partial charge in [0.1, 0.15) is 11.6 Å². The molecule has 1 fully saturated rings. The van der Waals surface area contributed by atoms with Crippen LogP contribution < -0.4 is 5.32 Å². The Labute approximate surface area is 192 Å². The number of hydrogen-bond acceptors (Lipinski definition) is 4. The minimum Gasteiger partial charge on any atom is -0.342 e. The number of carbonyl (C=O) groups is 1. The topological polar surface area (TPSA) is 94.5 Å². The molecule has 4 aromatic rings. The van der Waals surface area contributed by atoms with Crippen molar-refractivity contribution < 1.29 is 4.79 Å². The molecule has 6 heteroatoms. The van der Waals surface area contributed by atoms with Crippen molar-refractivity contribution >= 4 is 22.9 Å². The van der Waals surface area contributed by atoms with E-state index in [1.165, 1.54) is 0 Å². The van der Waals surface area contributed by atoms with Gasteiger partial charge in [-0.2, -0.15) is 10.4 Å². The first kappa shape index (κ1) is 20.7. The van der Waals surface area contributed by atoms with Crippen LogP contribution in [0.15, 0.2) is 78.5 Å². The fourth-order valence-electron chi connectivity index (χ4n) is 4.60. The second-order valence-electron chi connectivity index (χ2n) is 8.40. The third-order valence-corrected chi connectivity index (χ3v) is 6.30. The lowest BCUT2D eigenvalue weighted by Crippen LogP contribution is -2.44. The van der Waals surface area contributed by atoms with E-state index in [0.717, 1.165) is 53.4 Å². The summed E-state index contributed by atoms with van der Waals surface area (Å²) >= 11 is 0. The maximum Gasteiger partial charge on any atom is 0.262 e. The predicted octanol–water partition coefficient (Wildman–Crippen LogP) is 5.12. The Bertz CT molecular complexity index is 1370. The van der Waals surface area contributed by atoms with Gasteiger partial charge in [0.2, 0.25) is 0 Å². The van der Waals surface area contributed by atoms with Crippen LogP contribution in [0.4, 0.5) is 0 Å². The van der Waals surface area contributed by atoms with Crippen molar-refractivity contribution in [3.63, 3.8) is 0 Å². The molecular formula is C27H23N5O. The van der Waals surface area contributed by atoms with Gasteiger partial charge in [-0.25, -0.2) is 4.98 Å². The molecule has 5 rings (SSSR count). The Morgan fingerprint density at radius 2 is 1.88 bits per heavy atom. The monoisotopic (exact) mass is 433 g/mol. The van der Waals surface area contributed by atoms with Crippen molar-refractivity contribution in [3.05, 3.63) is 89.8 Å². The molecular weight excluding hydrogens is 410 g/mol. The summed E-state index contributed by atoms with van der Waals surface area (Å²) in [5.74, 6) is -0.365. The molecule has 0 unspecified atom stereocenters. The molecule has 2 aromatic carbocycles. The predicted molar refractivity (Wildman–Crippen MR) is 128 cm³/mol. The fourth-order valence-corrected chi connectivity index (χ4v) is 4.60. The van der Waals surface area contributed by atoms with Crippen LogP contribution in [0.1, 0.15) is 36.9 Å². The fraction of sp³-hybridized carbons (Fsp3) is 0.185. The smallest absolute Gasteiger partial charge is 0.262 e. The van der Waals surface area contributed by atoms with E-state index in [1.54, 1.807) is 18.3 Å². The van der Waals surface area contributed by atoms with Crippen LogP contribution in [0.25, 0.3) is 28.2 Å². The van der Waals surface area contributed by atoms with Gasteiger partial charge in [0.15, 0.2) is 0 Å². The summed E-state index contributed by atoms with van der Waals surface area (Å²) in [6, 6.07) is 23.6. The molecule has 6 nitrogen and oxygen atoms in total. The molecule has 1 saturated carbocycles.